The third-order valence-corrected chi connectivity index (χ3v) is 5.37. The maximum atomic E-state index is 10.9. The quantitative estimate of drug-likeness (QED) is 0.213. The van der Waals surface area contributed by atoms with E-state index >= 15 is 0 Å². The smallest absolute Gasteiger partial charge is 0.329 e. The highest BCUT2D eigenvalue weighted by Gasteiger charge is 2.57. The van der Waals surface area contributed by atoms with Crippen molar-refractivity contribution < 1.29 is 64.2 Å². The molecule has 29 heavy (non-hydrogen) atoms. The molecule has 0 aliphatic carbocycles. The third kappa shape index (κ3) is 4.40. The van der Waals surface area contributed by atoms with Crippen LogP contribution in [0.4, 0.5) is 0 Å². The summed E-state index contributed by atoms with van der Waals surface area (Å²) in [6.45, 7) is -2.35. The first kappa shape index (κ1) is 22.7. The molecule has 0 amide bonds. The molecule has 0 aromatic rings. The molecular weight excluding hydrogens is 400 g/mol. The fourth-order valence-electron chi connectivity index (χ4n) is 3.89. The lowest BCUT2D eigenvalue weighted by Crippen LogP contribution is -2.71. The fraction of sp³-hybridized carbons (Fsp3) is 0.938. The van der Waals surface area contributed by atoms with Gasteiger partial charge in [-0.3, -0.25) is 0 Å². The molecule has 0 bridgehead atoms. The van der Waals surface area contributed by atoms with Crippen LogP contribution < -0.4 is 0 Å². The van der Waals surface area contributed by atoms with Crippen LogP contribution in [-0.4, -0.2) is 135 Å². The number of hydrogen-bond donors (Lipinski definition) is 7. The number of carboxylic acid groups (broad SMARTS) is 1. The van der Waals surface area contributed by atoms with Gasteiger partial charge < -0.3 is 59.4 Å². The summed E-state index contributed by atoms with van der Waals surface area (Å²) in [7, 11) is 0. The molecule has 168 valence electrons. The summed E-state index contributed by atoms with van der Waals surface area (Å²) < 4.78 is 27.4. The van der Waals surface area contributed by atoms with E-state index < -0.39 is 92.9 Å². The molecule has 7 N–H and O–H groups in total. The number of rotatable bonds is 6. The molecular formula is C16H26O13. The molecule has 3 saturated heterocycles. The first-order chi connectivity index (χ1) is 13.8. The second kappa shape index (κ2) is 9.45. The van der Waals surface area contributed by atoms with Crippen LogP contribution in [0.2, 0.25) is 0 Å². The molecule has 0 spiro atoms. The van der Waals surface area contributed by atoms with E-state index in [1.54, 1.807) is 0 Å². The normalized spacial score (nSPS) is 48.1. The molecule has 13 heteroatoms. The summed E-state index contributed by atoms with van der Waals surface area (Å²) in [5.74, 6) is -1.28. The van der Waals surface area contributed by atoms with E-state index in [9.17, 15) is 35.4 Å². The van der Waals surface area contributed by atoms with Crippen molar-refractivity contribution in [3.05, 3.63) is 0 Å². The van der Waals surface area contributed by atoms with Gasteiger partial charge in [-0.25, -0.2) is 4.79 Å². The van der Waals surface area contributed by atoms with Crippen LogP contribution in [0.3, 0.4) is 0 Å². The number of carbonyl (C=O) groups is 1. The lowest BCUT2D eigenvalue weighted by molar-refractivity contribution is -0.352. The Balaban J connectivity index is 1.84. The highest BCUT2D eigenvalue weighted by atomic mass is 16.7. The monoisotopic (exact) mass is 426 g/mol. The van der Waals surface area contributed by atoms with E-state index in [4.69, 9.17) is 28.8 Å². The molecule has 3 heterocycles. The molecule has 0 saturated carbocycles. The van der Waals surface area contributed by atoms with Gasteiger partial charge >= 0.3 is 5.97 Å². The van der Waals surface area contributed by atoms with Gasteiger partial charge in [0, 0.05) is 0 Å². The Morgan fingerprint density at radius 1 is 0.793 bits per heavy atom. The van der Waals surface area contributed by atoms with Gasteiger partial charge in [0.25, 0.3) is 0 Å². The number of carboxylic acids is 1. The van der Waals surface area contributed by atoms with Gasteiger partial charge in [-0.15, -0.1) is 0 Å². The lowest BCUT2D eigenvalue weighted by Gasteiger charge is -2.52. The topological polar surface area (TPSA) is 205 Å². The zero-order chi connectivity index (χ0) is 21.3. The predicted molar refractivity (Wildman–Crippen MR) is 87.5 cm³/mol. The average molecular weight is 426 g/mol. The molecule has 11 atom stereocenters. The van der Waals surface area contributed by atoms with E-state index in [1.165, 1.54) is 0 Å². The summed E-state index contributed by atoms with van der Waals surface area (Å²) in [6, 6.07) is 0. The highest BCUT2D eigenvalue weighted by molar-refractivity contribution is 5.68. The highest BCUT2D eigenvalue weighted by Crippen LogP contribution is 2.36. The number of hydrogen-bond acceptors (Lipinski definition) is 12. The molecule has 1 unspecified atom stereocenters. The molecule has 3 aliphatic rings. The van der Waals surface area contributed by atoms with E-state index in [-0.39, 0.29) is 6.79 Å². The summed E-state index contributed by atoms with van der Waals surface area (Å²) in [5, 5.41) is 68.5. The van der Waals surface area contributed by atoms with Crippen LogP contribution in [0.5, 0.6) is 0 Å². The Morgan fingerprint density at radius 2 is 1.38 bits per heavy atom. The molecule has 0 aromatic heterocycles. The predicted octanol–water partition coefficient (Wildman–Crippen LogP) is -4.84. The first-order valence-electron chi connectivity index (χ1n) is 9.11. The summed E-state index contributed by atoms with van der Waals surface area (Å²) >= 11 is 0. The van der Waals surface area contributed by atoms with Gasteiger partial charge in [-0.1, -0.05) is 0 Å². The zero-order valence-electron chi connectivity index (χ0n) is 15.3. The minimum absolute atomic E-state index is 0.354. The van der Waals surface area contributed by atoms with Crippen molar-refractivity contribution in [1.82, 2.24) is 0 Å². The molecule has 0 aromatic carbocycles. The van der Waals surface area contributed by atoms with Gasteiger partial charge in [-0.2, -0.15) is 0 Å². The Bertz CT molecular complexity index is 559. The van der Waals surface area contributed by atoms with Crippen LogP contribution in [0.25, 0.3) is 0 Å². The van der Waals surface area contributed by atoms with Gasteiger partial charge in [0.2, 0.25) is 0 Å². The number of aliphatic carboxylic acids is 1. The van der Waals surface area contributed by atoms with Crippen LogP contribution in [0, 0.1) is 0 Å². The second-order valence-corrected chi connectivity index (χ2v) is 7.16. The first-order valence-corrected chi connectivity index (χ1v) is 9.11. The van der Waals surface area contributed by atoms with Crippen LogP contribution in [-0.2, 0) is 28.5 Å². The average Bonchev–Trinajstić information content (AvgIpc) is 2.70. The van der Waals surface area contributed by atoms with E-state index in [1.807, 2.05) is 0 Å². The van der Waals surface area contributed by atoms with E-state index in [0.717, 1.165) is 0 Å². The van der Waals surface area contributed by atoms with Gasteiger partial charge in [-0.05, 0) is 0 Å². The number of fused-ring (bicyclic) bond motifs is 1. The molecule has 13 nitrogen and oxygen atoms in total. The van der Waals surface area contributed by atoms with E-state index in [0.29, 0.717) is 0 Å². The molecule has 3 aliphatic heterocycles. The van der Waals surface area contributed by atoms with Crippen molar-refractivity contribution >= 4 is 5.97 Å². The maximum absolute atomic E-state index is 10.9. The third-order valence-electron chi connectivity index (χ3n) is 5.37. The Kier molecular flexibility index (Phi) is 7.40. The van der Waals surface area contributed by atoms with Gasteiger partial charge in [0.1, 0.15) is 80.5 Å². The zero-order valence-corrected chi connectivity index (χ0v) is 15.3. The van der Waals surface area contributed by atoms with Crippen LogP contribution in [0.15, 0.2) is 0 Å². The molecule has 3 rings (SSSR count). The van der Waals surface area contributed by atoms with Crippen molar-refractivity contribution in [2.75, 3.05) is 26.6 Å². The van der Waals surface area contributed by atoms with Crippen molar-refractivity contribution in [2.45, 2.75) is 67.1 Å². The standard InChI is InChI=1S/C16H26O13/c17-1-5-8(21)10(23)11(24)13(28-5)15-16-14(26-4-27-15)12(25-3-7(19)20)9(22)6(2-18)29-16/h5-6,8-18,21-24H,1-4H2,(H,19,20)/t5-,6-,8-,9+,10+,11+,12+,13+,14-,15?,16-/m1/s1. The largest absolute Gasteiger partial charge is 0.480 e. The van der Waals surface area contributed by atoms with Crippen LogP contribution >= 0.6 is 0 Å². The lowest BCUT2D eigenvalue weighted by atomic mass is 9.85. The minimum Gasteiger partial charge on any atom is -0.480 e. The van der Waals surface area contributed by atoms with Crippen LogP contribution in [0.1, 0.15) is 0 Å². The van der Waals surface area contributed by atoms with Crippen molar-refractivity contribution in [1.29, 1.82) is 0 Å². The number of ether oxygens (including phenoxy) is 5. The Hall–Kier alpha value is -0.970. The SMILES string of the molecule is O=C(O)CO[C@H]1[C@@H](O)[C@@H](CO)O[C@H]2C([C@H]3O[C@H](CO)[C@@H](O)[C@H](O)[C@@H]3O)OCO[C@H]12. The van der Waals surface area contributed by atoms with Gasteiger partial charge in [0.15, 0.2) is 0 Å². The van der Waals surface area contributed by atoms with E-state index in [2.05, 4.69) is 0 Å². The number of aliphatic hydroxyl groups excluding tert-OH is 6. The molecule has 3 fully saturated rings. The summed E-state index contributed by atoms with van der Waals surface area (Å²) in [6.07, 6.45) is -14.3. The second-order valence-electron chi connectivity index (χ2n) is 7.16. The van der Waals surface area contributed by atoms with Crippen molar-refractivity contribution in [3.63, 3.8) is 0 Å². The number of aliphatic hydroxyl groups is 6. The maximum Gasteiger partial charge on any atom is 0.329 e. The van der Waals surface area contributed by atoms with Gasteiger partial charge in [0.05, 0.1) is 13.2 Å². The minimum atomic E-state index is -1.64. The fourth-order valence-corrected chi connectivity index (χ4v) is 3.89. The Labute approximate surface area is 164 Å². The van der Waals surface area contributed by atoms with Crippen molar-refractivity contribution in [3.8, 4) is 0 Å². The Morgan fingerprint density at radius 3 is 2.00 bits per heavy atom. The summed E-state index contributed by atoms with van der Waals surface area (Å²) in [4.78, 5) is 10.9. The summed E-state index contributed by atoms with van der Waals surface area (Å²) in [5.41, 5.74) is 0. The van der Waals surface area contributed by atoms with Crippen molar-refractivity contribution in [2.24, 2.45) is 0 Å². The molecule has 0 radical (unpaired) electrons.